The minimum absolute atomic E-state index is 0.325. The molecule has 0 amide bonds. The highest BCUT2D eigenvalue weighted by Crippen LogP contribution is 2.27. The molecule has 0 aliphatic carbocycles. The van der Waals surface area contributed by atoms with E-state index in [9.17, 15) is 0 Å². The lowest BCUT2D eigenvalue weighted by Gasteiger charge is -2.18. The van der Waals surface area contributed by atoms with E-state index in [1.54, 1.807) is 11.3 Å². The van der Waals surface area contributed by atoms with Gasteiger partial charge in [-0.3, -0.25) is 0 Å². The third-order valence-electron chi connectivity index (χ3n) is 3.05. The number of hydrogen-bond donors (Lipinski definition) is 1. The maximum absolute atomic E-state index is 5.60. The molecule has 0 aliphatic heterocycles. The molecular formula is C16H20BrNOS. The summed E-state index contributed by atoms with van der Waals surface area (Å²) in [5.41, 5.74) is 1.28. The van der Waals surface area contributed by atoms with Gasteiger partial charge < -0.3 is 10.1 Å². The van der Waals surface area contributed by atoms with Crippen molar-refractivity contribution in [2.24, 2.45) is 0 Å². The van der Waals surface area contributed by atoms with Crippen molar-refractivity contribution in [1.82, 2.24) is 5.32 Å². The van der Waals surface area contributed by atoms with Gasteiger partial charge in [-0.1, -0.05) is 19.1 Å². The summed E-state index contributed by atoms with van der Waals surface area (Å²) in [6.07, 6.45) is 1.000. The molecule has 1 heterocycles. The summed E-state index contributed by atoms with van der Waals surface area (Å²) in [4.78, 5) is 1.38. The Labute approximate surface area is 133 Å². The van der Waals surface area contributed by atoms with E-state index in [2.05, 4.69) is 57.8 Å². The largest absolute Gasteiger partial charge is 0.494 e. The highest BCUT2D eigenvalue weighted by molar-refractivity contribution is 9.10. The van der Waals surface area contributed by atoms with E-state index >= 15 is 0 Å². The van der Waals surface area contributed by atoms with E-state index in [0.717, 1.165) is 23.2 Å². The van der Waals surface area contributed by atoms with E-state index < -0.39 is 0 Å². The quantitative estimate of drug-likeness (QED) is 0.771. The van der Waals surface area contributed by atoms with Crippen molar-refractivity contribution in [2.45, 2.75) is 26.3 Å². The van der Waals surface area contributed by atoms with Gasteiger partial charge in [-0.15, -0.1) is 11.3 Å². The third kappa shape index (κ3) is 4.33. The molecule has 4 heteroatoms. The summed E-state index contributed by atoms with van der Waals surface area (Å²) in [6.45, 7) is 5.81. The lowest BCUT2D eigenvalue weighted by atomic mass is 10.0. The zero-order valence-electron chi connectivity index (χ0n) is 11.9. The molecule has 0 radical (unpaired) electrons. The summed E-state index contributed by atoms with van der Waals surface area (Å²) in [6, 6.07) is 10.9. The number of ether oxygens (including phenoxy) is 1. The second kappa shape index (κ2) is 7.81. The summed E-state index contributed by atoms with van der Waals surface area (Å²) in [7, 11) is 0. The van der Waals surface area contributed by atoms with E-state index in [0.29, 0.717) is 12.6 Å². The lowest BCUT2D eigenvalue weighted by Crippen LogP contribution is -2.22. The maximum atomic E-state index is 5.60. The minimum Gasteiger partial charge on any atom is -0.494 e. The number of hydrogen-bond acceptors (Lipinski definition) is 3. The fraction of sp³-hybridized carbons (Fsp3) is 0.375. The molecule has 0 saturated carbocycles. The predicted octanol–water partition coefficient (Wildman–Crippen LogP) is 4.80. The van der Waals surface area contributed by atoms with Gasteiger partial charge >= 0.3 is 0 Å². The zero-order valence-corrected chi connectivity index (χ0v) is 14.3. The molecule has 0 spiro atoms. The van der Waals surface area contributed by atoms with Crippen molar-refractivity contribution >= 4 is 27.3 Å². The smallest absolute Gasteiger partial charge is 0.119 e. The lowest BCUT2D eigenvalue weighted by molar-refractivity contribution is 0.339. The number of halogens is 1. The molecule has 1 atom stereocenters. The van der Waals surface area contributed by atoms with Crippen LogP contribution in [0.25, 0.3) is 0 Å². The molecule has 20 heavy (non-hydrogen) atoms. The van der Waals surface area contributed by atoms with Crippen LogP contribution in [0.3, 0.4) is 0 Å². The van der Waals surface area contributed by atoms with Gasteiger partial charge in [0.2, 0.25) is 0 Å². The molecule has 0 bridgehead atoms. The highest BCUT2D eigenvalue weighted by Gasteiger charge is 2.13. The van der Waals surface area contributed by atoms with Crippen molar-refractivity contribution < 1.29 is 4.74 Å². The fourth-order valence-corrected chi connectivity index (χ4v) is 3.70. The van der Waals surface area contributed by atoms with Gasteiger partial charge in [0, 0.05) is 27.2 Å². The Morgan fingerprint density at radius 2 is 2.15 bits per heavy atom. The molecule has 108 valence electrons. The first-order chi connectivity index (χ1) is 9.72. The van der Waals surface area contributed by atoms with Crippen LogP contribution in [0.15, 0.2) is 40.2 Å². The van der Waals surface area contributed by atoms with E-state index in [4.69, 9.17) is 4.74 Å². The molecule has 2 rings (SSSR count). The zero-order chi connectivity index (χ0) is 14.4. The van der Waals surface area contributed by atoms with Crippen LogP contribution in [-0.2, 0) is 6.42 Å². The Kier molecular flexibility index (Phi) is 6.07. The monoisotopic (exact) mass is 353 g/mol. The van der Waals surface area contributed by atoms with Crippen LogP contribution in [0, 0.1) is 0 Å². The maximum Gasteiger partial charge on any atom is 0.119 e. The molecule has 2 aromatic rings. The first kappa shape index (κ1) is 15.5. The first-order valence-electron chi connectivity index (χ1n) is 6.92. The van der Waals surface area contributed by atoms with Crippen molar-refractivity contribution in [2.75, 3.05) is 13.2 Å². The Hall–Kier alpha value is -0.840. The molecule has 1 aromatic heterocycles. The number of benzene rings is 1. The molecule has 1 unspecified atom stereocenters. The Morgan fingerprint density at radius 1 is 1.30 bits per heavy atom. The van der Waals surface area contributed by atoms with Crippen LogP contribution in [-0.4, -0.2) is 13.2 Å². The summed E-state index contributed by atoms with van der Waals surface area (Å²) in [5.74, 6) is 0.945. The van der Waals surface area contributed by atoms with E-state index in [1.165, 1.54) is 10.4 Å². The SMILES string of the molecule is CCNC(Cc1cc(Br)cs1)c1cccc(OCC)c1. The van der Waals surface area contributed by atoms with Crippen LogP contribution in [0.2, 0.25) is 0 Å². The standard InChI is InChI=1S/C16H20BrNOS/c1-3-18-16(10-15-9-13(17)11-20-15)12-6-5-7-14(8-12)19-4-2/h5-9,11,16,18H,3-4,10H2,1-2H3. The summed E-state index contributed by atoms with van der Waals surface area (Å²) in [5, 5.41) is 5.70. The van der Waals surface area contributed by atoms with Crippen LogP contribution in [0.1, 0.15) is 30.3 Å². The highest BCUT2D eigenvalue weighted by atomic mass is 79.9. The van der Waals surface area contributed by atoms with Gasteiger partial charge in [0.25, 0.3) is 0 Å². The average molecular weight is 354 g/mol. The van der Waals surface area contributed by atoms with E-state index in [1.807, 2.05) is 13.0 Å². The molecule has 1 N–H and O–H groups in total. The Balaban J connectivity index is 2.16. The fourth-order valence-electron chi connectivity index (χ4n) is 2.20. The molecule has 1 aromatic carbocycles. The first-order valence-corrected chi connectivity index (χ1v) is 8.59. The normalized spacial score (nSPS) is 12.3. The van der Waals surface area contributed by atoms with Gasteiger partial charge in [0.15, 0.2) is 0 Å². The molecule has 0 fully saturated rings. The average Bonchev–Trinajstić information content (AvgIpc) is 2.84. The van der Waals surface area contributed by atoms with Gasteiger partial charge in [-0.2, -0.15) is 0 Å². The minimum atomic E-state index is 0.325. The molecular weight excluding hydrogens is 334 g/mol. The predicted molar refractivity (Wildman–Crippen MR) is 89.8 cm³/mol. The van der Waals surface area contributed by atoms with Gasteiger partial charge in [0.05, 0.1) is 6.61 Å². The number of thiophene rings is 1. The second-order valence-corrected chi connectivity index (χ2v) is 6.46. The van der Waals surface area contributed by atoms with Crippen molar-refractivity contribution in [3.05, 3.63) is 50.6 Å². The van der Waals surface area contributed by atoms with Gasteiger partial charge in [0.1, 0.15) is 5.75 Å². The van der Waals surface area contributed by atoms with Crippen LogP contribution in [0.5, 0.6) is 5.75 Å². The summed E-state index contributed by atoms with van der Waals surface area (Å²) >= 11 is 5.31. The van der Waals surface area contributed by atoms with Crippen molar-refractivity contribution in [3.8, 4) is 5.75 Å². The molecule has 0 saturated heterocycles. The Bertz CT molecular complexity index is 541. The summed E-state index contributed by atoms with van der Waals surface area (Å²) < 4.78 is 6.76. The van der Waals surface area contributed by atoms with Crippen LogP contribution in [0.4, 0.5) is 0 Å². The number of rotatable bonds is 7. The van der Waals surface area contributed by atoms with Gasteiger partial charge in [-0.05, 0) is 53.2 Å². The second-order valence-electron chi connectivity index (χ2n) is 4.55. The molecule has 2 nitrogen and oxygen atoms in total. The number of nitrogens with one attached hydrogen (secondary N) is 1. The van der Waals surface area contributed by atoms with E-state index in [-0.39, 0.29) is 0 Å². The topological polar surface area (TPSA) is 21.3 Å². The number of likely N-dealkylation sites (N-methyl/N-ethyl adjacent to an activating group) is 1. The third-order valence-corrected chi connectivity index (χ3v) is 4.77. The Morgan fingerprint density at radius 3 is 2.80 bits per heavy atom. The van der Waals surface area contributed by atoms with Crippen molar-refractivity contribution in [3.63, 3.8) is 0 Å². The van der Waals surface area contributed by atoms with Gasteiger partial charge in [-0.25, -0.2) is 0 Å². The van der Waals surface area contributed by atoms with Crippen molar-refractivity contribution in [1.29, 1.82) is 0 Å². The molecule has 0 aliphatic rings. The van der Waals surface area contributed by atoms with Crippen LogP contribution >= 0.6 is 27.3 Å². The van der Waals surface area contributed by atoms with Crippen LogP contribution < -0.4 is 10.1 Å².